The Morgan fingerprint density at radius 2 is 2.27 bits per heavy atom. The lowest BCUT2D eigenvalue weighted by Gasteiger charge is -2.18. The van der Waals surface area contributed by atoms with E-state index < -0.39 is 0 Å². The van der Waals surface area contributed by atoms with Crippen molar-refractivity contribution in [3.05, 3.63) is 23.9 Å². The lowest BCUT2D eigenvalue weighted by atomic mass is 10.1. The zero-order valence-corrected chi connectivity index (χ0v) is 13.9. The van der Waals surface area contributed by atoms with Crippen LogP contribution in [0.15, 0.2) is 18.3 Å². The maximum absolute atomic E-state index is 12.1. The highest BCUT2D eigenvalue weighted by molar-refractivity contribution is 5.94. The molecule has 1 aliphatic rings. The highest BCUT2D eigenvalue weighted by atomic mass is 16.1. The van der Waals surface area contributed by atoms with Crippen LogP contribution in [0.1, 0.15) is 37.6 Å². The molecule has 22 heavy (non-hydrogen) atoms. The summed E-state index contributed by atoms with van der Waals surface area (Å²) in [6.45, 7) is 11.5. The predicted molar refractivity (Wildman–Crippen MR) is 90.1 cm³/mol. The molecular formula is C17H28N4O. The molecule has 1 aromatic rings. The van der Waals surface area contributed by atoms with Gasteiger partial charge in [-0.25, -0.2) is 4.98 Å². The number of aromatic nitrogens is 1. The third-order valence-electron chi connectivity index (χ3n) is 3.93. The summed E-state index contributed by atoms with van der Waals surface area (Å²) in [6, 6.07) is 3.67. The molecule has 1 aliphatic heterocycles. The number of carbonyl (C=O) groups excluding carboxylic acids is 1. The van der Waals surface area contributed by atoms with Crippen molar-refractivity contribution in [2.45, 2.75) is 27.2 Å². The van der Waals surface area contributed by atoms with E-state index in [9.17, 15) is 4.79 Å². The molecule has 2 N–H and O–H groups in total. The summed E-state index contributed by atoms with van der Waals surface area (Å²) >= 11 is 0. The van der Waals surface area contributed by atoms with Gasteiger partial charge in [0.2, 0.25) is 0 Å². The predicted octanol–water partition coefficient (Wildman–Crippen LogP) is 2.22. The first kappa shape index (κ1) is 16.7. The molecule has 5 nitrogen and oxygen atoms in total. The van der Waals surface area contributed by atoms with Crippen LogP contribution in [0.4, 0.5) is 5.82 Å². The van der Waals surface area contributed by atoms with Gasteiger partial charge in [-0.2, -0.15) is 0 Å². The zero-order chi connectivity index (χ0) is 15.9. The van der Waals surface area contributed by atoms with Crippen molar-refractivity contribution < 1.29 is 4.79 Å². The minimum absolute atomic E-state index is 0.0298. The summed E-state index contributed by atoms with van der Waals surface area (Å²) in [5.74, 6) is 2.04. The van der Waals surface area contributed by atoms with Gasteiger partial charge in [0.05, 0.1) is 5.56 Å². The third-order valence-corrected chi connectivity index (χ3v) is 3.93. The Hall–Kier alpha value is -1.62. The molecule has 1 saturated heterocycles. The second-order valence-corrected chi connectivity index (χ2v) is 6.48. The van der Waals surface area contributed by atoms with Crippen LogP contribution >= 0.6 is 0 Å². The number of hydrogen-bond acceptors (Lipinski definition) is 4. The maximum atomic E-state index is 12.1. The normalized spacial score (nSPS) is 18.6. The highest BCUT2D eigenvalue weighted by Crippen LogP contribution is 2.16. The van der Waals surface area contributed by atoms with Crippen LogP contribution < -0.4 is 10.6 Å². The van der Waals surface area contributed by atoms with Gasteiger partial charge in [-0.3, -0.25) is 4.79 Å². The lowest BCUT2D eigenvalue weighted by Crippen LogP contribution is -2.31. The van der Waals surface area contributed by atoms with Crippen molar-refractivity contribution in [2.75, 3.05) is 38.0 Å². The van der Waals surface area contributed by atoms with Crippen LogP contribution in [0.3, 0.4) is 0 Å². The number of anilines is 1. The van der Waals surface area contributed by atoms with Crippen molar-refractivity contribution >= 4 is 11.7 Å². The number of rotatable bonds is 7. The molecule has 2 heterocycles. The number of hydrogen-bond donors (Lipinski definition) is 2. The van der Waals surface area contributed by atoms with Crippen LogP contribution in [-0.2, 0) is 0 Å². The van der Waals surface area contributed by atoms with Gasteiger partial charge in [0.15, 0.2) is 0 Å². The minimum Gasteiger partial charge on any atom is -0.370 e. The largest absolute Gasteiger partial charge is 0.370 e. The number of likely N-dealkylation sites (tertiary alicyclic amines) is 1. The first-order chi connectivity index (χ1) is 10.6. The molecule has 0 aromatic carbocycles. The van der Waals surface area contributed by atoms with E-state index in [0.29, 0.717) is 17.4 Å². The van der Waals surface area contributed by atoms with Crippen LogP contribution in [-0.4, -0.2) is 48.5 Å². The Labute approximate surface area is 133 Å². The van der Waals surface area contributed by atoms with E-state index in [0.717, 1.165) is 38.5 Å². The summed E-state index contributed by atoms with van der Waals surface area (Å²) in [5.41, 5.74) is 0.624. The van der Waals surface area contributed by atoms with Gasteiger partial charge in [-0.05, 0) is 43.9 Å². The summed E-state index contributed by atoms with van der Waals surface area (Å²) in [4.78, 5) is 18.9. The van der Waals surface area contributed by atoms with E-state index in [4.69, 9.17) is 0 Å². The Bertz CT molecular complexity index is 472. The number of carbonyl (C=O) groups is 1. The first-order valence-corrected chi connectivity index (χ1v) is 8.29. The highest BCUT2D eigenvalue weighted by Gasteiger charge is 2.23. The molecule has 1 unspecified atom stereocenters. The summed E-state index contributed by atoms with van der Waals surface area (Å²) in [5, 5.41) is 6.16. The zero-order valence-electron chi connectivity index (χ0n) is 13.9. The van der Waals surface area contributed by atoms with E-state index >= 15 is 0 Å². The fraction of sp³-hybridized carbons (Fsp3) is 0.647. The van der Waals surface area contributed by atoms with Gasteiger partial charge in [0.25, 0.3) is 5.91 Å². The maximum Gasteiger partial charge on any atom is 0.252 e. The Morgan fingerprint density at radius 3 is 2.91 bits per heavy atom. The Balaban J connectivity index is 1.76. The second kappa shape index (κ2) is 8.13. The van der Waals surface area contributed by atoms with Crippen LogP contribution in [0, 0.1) is 11.8 Å². The van der Waals surface area contributed by atoms with Crippen molar-refractivity contribution in [1.82, 2.24) is 15.2 Å². The van der Waals surface area contributed by atoms with Crippen LogP contribution in [0.25, 0.3) is 0 Å². The van der Waals surface area contributed by atoms with Crippen molar-refractivity contribution in [3.8, 4) is 0 Å². The van der Waals surface area contributed by atoms with E-state index in [1.54, 1.807) is 6.20 Å². The topological polar surface area (TPSA) is 57.3 Å². The molecule has 0 saturated carbocycles. The monoisotopic (exact) mass is 304 g/mol. The Kier molecular flexibility index (Phi) is 6.19. The lowest BCUT2D eigenvalue weighted by molar-refractivity contribution is 0.0947. The Morgan fingerprint density at radius 1 is 1.45 bits per heavy atom. The van der Waals surface area contributed by atoms with Crippen molar-refractivity contribution in [2.24, 2.45) is 11.8 Å². The molecule has 1 fully saturated rings. The average Bonchev–Trinajstić information content (AvgIpc) is 2.92. The fourth-order valence-electron chi connectivity index (χ4n) is 2.91. The molecular weight excluding hydrogens is 276 g/mol. The fourth-order valence-corrected chi connectivity index (χ4v) is 2.91. The molecule has 0 aliphatic carbocycles. The number of pyridine rings is 1. The quantitative estimate of drug-likeness (QED) is 0.811. The third kappa shape index (κ3) is 4.98. The van der Waals surface area contributed by atoms with Gasteiger partial charge in [0.1, 0.15) is 5.82 Å². The minimum atomic E-state index is -0.0298. The van der Waals surface area contributed by atoms with E-state index in [2.05, 4.69) is 34.4 Å². The van der Waals surface area contributed by atoms with Crippen LogP contribution in [0.2, 0.25) is 0 Å². The number of nitrogens with one attached hydrogen (secondary N) is 2. The summed E-state index contributed by atoms with van der Waals surface area (Å²) < 4.78 is 0. The van der Waals surface area contributed by atoms with Gasteiger partial charge in [0, 0.05) is 32.4 Å². The number of amides is 1. The van der Waals surface area contributed by atoms with Gasteiger partial charge in [-0.15, -0.1) is 0 Å². The first-order valence-electron chi connectivity index (χ1n) is 8.29. The van der Waals surface area contributed by atoms with Crippen molar-refractivity contribution in [3.63, 3.8) is 0 Å². The standard InChI is InChI=1S/C17H28N4O/c1-4-18-16-6-5-15(10-19-16)17(22)20-9-14-7-8-21(12-14)11-13(2)3/h5-6,10,13-14H,4,7-9,11-12H2,1-3H3,(H,18,19)(H,20,22). The molecule has 1 amide bonds. The van der Waals surface area contributed by atoms with E-state index in [1.165, 1.54) is 6.42 Å². The van der Waals surface area contributed by atoms with Gasteiger partial charge in [-0.1, -0.05) is 13.8 Å². The molecule has 0 radical (unpaired) electrons. The molecule has 1 atom stereocenters. The molecule has 2 rings (SSSR count). The average molecular weight is 304 g/mol. The number of nitrogens with zero attached hydrogens (tertiary/aromatic N) is 2. The SMILES string of the molecule is CCNc1ccc(C(=O)NCC2CCN(CC(C)C)C2)cn1. The smallest absolute Gasteiger partial charge is 0.252 e. The molecule has 0 spiro atoms. The summed E-state index contributed by atoms with van der Waals surface area (Å²) in [7, 11) is 0. The molecule has 122 valence electrons. The summed E-state index contributed by atoms with van der Waals surface area (Å²) in [6.07, 6.45) is 2.80. The van der Waals surface area contributed by atoms with Gasteiger partial charge < -0.3 is 15.5 Å². The molecule has 5 heteroatoms. The van der Waals surface area contributed by atoms with Crippen molar-refractivity contribution in [1.29, 1.82) is 0 Å². The van der Waals surface area contributed by atoms with Gasteiger partial charge >= 0.3 is 0 Å². The van der Waals surface area contributed by atoms with Crippen LogP contribution in [0.5, 0.6) is 0 Å². The van der Waals surface area contributed by atoms with E-state index in [1.807, 2.05) is 19.1 Å². The second-order valence-electron chi connectivity index (χ2n) is 6.48. The molecule has 1 aromatic heterocycles. The molecule has 0 bridgehead atoms. The van der Waals surface area contributed by atoms with E-state index in [-0.39, 0.29) is 5.91 Å².